The van der Waals surface area contributed by atoms with Crippen molar-refractivity contribution < 1.29 is 9.53 Å². The number of unbranched alkanes of at least 4 members (excludes halogenated alkanes) is 4. The standard InChI is InChI=1S/C19H38N2O2S/c1-18(22)10-8-6-5-7-9-11-20-12-14-21(15-13-20)16-17-23-19(2,3)24-4/h5-17H2,1-4H3. The molecule has 0 aromatic carbocycles. The van der Waals surface area contributed by atoms with Crippen molar-refractivity contribution >= 4 is 17.5 Å². The molecule has 1 fully saturated rings. The number of rotatable bonds is 13. The van der Waals surface area contributed by atoms with Crippen LogP contribution in [-0.4, -0.2) is 72.6 Å². The monoisotopic (exact) mass is 358 g/mol. The largest absolute Gasteiger partial charge is 0.364 e. The third-order valence-corrected chi connectivity index (χ3v) is 5.92. The smallest absolute Gasteiger partial charge is 0.129 e. The van der Waals surface area contributed by atoms with E-state index in [4.69, 9.17) is 4.74 Å². The fourth-order valence-corrected chi connectivity index (χ4v) is 3.16. The first-order valence-electron chi connectivity index (χ1n) is 9.56. The lowest BCUT2D eigenvalue weighted by molar-refractivity contribution is -0.117. The van der Waals surface area contributed by atoms with Gasteiger partial charge in [0.05, 0.1) is 6.61 Å². The van der Waals surface area contributed by atoms with Gasteiger partial charge in [-0.05, 0) is 46.4 Å². The highest BCUT2D eigenvalue weighted by Crippen LogP contribution is 2.22. The summed E-state index contributed by atoms with van der Waals surface area (Å²) in [6, 6.07) is 0. The first kappa shape index (κ1) is 21.9. The molecule has 0 aromatic heterocycles. The Balaban J connectivity index is 1.97. The molecule has 0 spiro atoms. The number of thioether (sulfide) groups is 1. The summed E-state index contributed by atoms with van der Waals surface area (Å²) in [5.41, 5.74) is 0. The predicted octanol–water partition coefficient (Wildman–Crippen LogP) is 3.65. The van der Waals surface area contributed by atoms with Gasteiger partial charge in [-0.25, -0.2) is 0 Å². The Morgan fingerprint density at radius 1 is 0.958 bits per heavy atom. The number of ketones is 1. The van der Waals surface area contributed by atoms with Crippen molar-refractivity contribution in [3.05, 3.63) is 0 Å². The third kappa shape index (κ3) is 10.7. The average Bonchev–Trinajstić information content (AvgIpc) is 2.55. The number of carbonyl (C=O) groups excluding carboxylic acids is 1. The van der Waals surface area contributed by atoms with Gasteiger partial charge in [-0.2, -0.15) is 0 Å². The van der Waals surface area contributed by atoms with E-state index in [0.717, 1.165) is 26.0 Å². The van der Waals surface area contributed by atoms with Gasteiger partial charge in [0, 0.05) is 39.1 Å². The van der Waals surface area contributed by atoms with E-state index in [2.05, 4.69) is 29.9 Å². The summed E-state index contributed by atoms with van der Waals surface area (Å²) in [7, 11) is 0. The van der Waals surface area contributed by atoms with Crippen molar-refractivity contribution in [2.45, 2.75) is 64.2 Å². The quantitative estimate of drug-likeness (QED) is 0.371. The maximum atomic E-state index is 10.9. The molecule has 1 aliphatic rings. The fraction of sp³-hybridized carbons (Fsp3) is 0.947. The van der Waals surface area contributed by atoms with Crippen molar-refractivity contribution in [3.8, 4) is 0 Å². The van der Waals surface area contributed by atoms with Crippen LogP contribution in [0.4, 0.5) is 0 Å². The number of Topliss-reactive ketones (excluding diaryl/α,β-unsaturated/α-hetero) is 1. The molecule has 0 N–H and O–H groups in total. The highest BCUT2D eigenvalue weighted by Gasteiger charge is 2.19. The van der Waals surface area contributed by atoms with Crippen LogP contribution in [0.1, 0.15) is 59.3 Å². The Hall–Kier alpha value is -0.100. The highest BCUT2D eigenvalue weighted by molar-refractivity contribution is 7.99. The van der Waals surface area contributed by atoms with Crippen molar-refractivity contribution in [3.63, 3.8) is 0 Å². The number of hydrogen-bond acceptors (Lipinski definition) is 5. The van der Waals surface area contributed by atoms with Gasteiger partial charge in [0.1, 0.15) is 10.7 Å². The number of hydrogen-bond donors (Lipinski definition) is 0. The minimum Gasteiger partial charge on any atom is -0.364 e. The molecule has 142 valence electrons. The van der Waals surface area contributed by atoms with Crippen LogP contribution in [0.3, 0.4) is 0 Å². The zero-order valence-corrected chi connectivity index (χ0v) is 17.1. The minimum absolute atomic E-state index is 0.0633. The van der Waals surface area contributed by atoms with E-state index in [9.17, 15) is 4.79 Å². The van der Waals surface area contributed by atoms with E-state index in [-0.39, 0.29) is 4.93 Å². The van der Waals surface area contributed by atoms with Crippen molar-refractivity contribution in [2.75, 3.05) is 52.1 Å². The molecule has 0 saturated carbocycles. The second-order valence-corrected chi connectivity index (χ2v) is 8.75. The molecular formula is C19H38N2O2S. The van der Waals surface area contributed by atoms with Crippen molar-refractivity contribution in [1.82, 2.24) is 9.80 Å². The van der Waals surface area contributed by atoms with Gasteiger partial charge in [0.15, 0.2) is 0 Å². The minimum atomic E-state index is -0.0633. The van der Waals surface area contributed by atoms with Crippen LogP contribution < -0.4 is 0 Å². The van der Waals surface area contributed by atoms with E-state index in [0.29, 0.717) is 5.78 Å². The number of carbonyl (C=O) groups is 1. The molecule has 0 atom stereocenters. The second-order valence-electron chi connectivity index (χ2n) is 7.36. The lowest BCUT2D eigenvalue weighted by atomic mass is 10.1. The van der Waals surface area contributed by atoms with Crippen LogP contribution in [0, 0.1) is 0 Å². The summed E-state index contributed by atoms with van der Waals surface area (Å²) in [6.07, 6.45) is 9.02. The first-order chi connectivity index (χ1) is 11.4. The zero-order chi connectivity index (χ0) is 17.8. The Kier molecular flexibility index (Phi) is 11.2. The Morgan fingerprint density at radius 2 is 1.50 bits per heavy atom. The van der Waals surface area contributed by atoms with Crippen molar-refractivity contribution in [1.29, 1.82) is 0 Å². The van der Waals surface area contributed by atoms with Crippen LogP contribution in [0.2, 0.25) is 0 Å². The topological polar surface area (TPSA) is 32.8 Å². The summed E-state index contributed by atoms with van der Waals surface area (Å²) in [6.45, 7) is 13.8. The van der Waals surface area contributed by atoms with E-state index in [1.165, 1.54) is 58.4 Å². The Morgan fingerprint density at radius 3 is 2.08 bits per heavy atom. The maximum absolute atomic E-state index is 10.9. The third-order valence-electron chi connectivity index (χ3n) is 4.82. The van der Waals surface area contributed by atoms with Crippen molar-refractivity contribution in [2.24, 2.45) is 0 Å². The summed E-state index contributed by atoms with van der Waals surface area (Å²) in [5.74, 6) is 0.329. The van der Waals surface area contributed by atoms with Gasteiger partial charge in [-0.3, -0.25) is 4.90 Å². The summed E-state index contributed by atoms with van der Waals surface area (Å²) in [5, 5.41) is 0. The fourth-order valence-electron chi connectivity index (χ4n) is 2.96. The second kappa shape index (κ2) is 12.3. The Bertz CT molecular complexity index is 342. The molecular weight excluding hydrogens is 320 g/mol. The van der Waals surface area contributed by atoms with Crippen LogP contribution in [0.15, 0.2) is 0 Å². The molecule has 5 heteroatoms. The first-order valence-corrected chi connectivity index (χ1v) is 10.8. The molecule has 1 aliphatic heterocycles. The van der Waals surface area contributed by atoms with Gasteiger partial charge < -0.3 is 14.4 Å². The van der Waals surface area contributed by atoms with Gasteiger partial charge in [0.25, 0.3) is 0 Å². The Labute approximate surface area is 153 Å². The number of nitrogens with zero attached hydrogens (tertiary/aromatic N) is 2. The molecule has 0 radical (unpaired) electrons. The van der Waals surface area contributed by atoms with E-state index in [1.807, 2.05) is 0 Å². The molecule has 0 unspecified atom stereocenters. The van der Waals surface area contributed by atoms with Gasteiger partial charge >= 0.3 is 0 Å². The van der Waals surface area contributed by atoms with Crippen LogP contribution in [0.5, 0.6) is 0 Å². The van der Waals surface area contributed by atoms with E-state index < -0.39 is 0 Å². The highest BCUT2D eigenvalue weighted by atomic mass is 32.2. The maximum Gasteiger partial charge on any atom is 0.129 e. The van der Waals surface area contributed by atoms with Crippen LogP contribution in [0.25, 0.3) is 0 Å². The SMILES string of the molecule is CSC(C)(C)OCCN1CCN(CCCCCCCC(C)=O)CC1. The zero-order valence-electron chi connectivity index (χ0n) is 16.3. The normalized spacial score (nSPS) is 17.3. The molecule has 0 aliphatic carbocycles. The van der Waals surface area contributed by atoms with Gasteiger partial charge in [-0.1, -0.05) is 19.3 Å². The summed E-state index contributed by atoms with van der Waals surface area (Å²) < 4.78 is 5.92. The lowest BCUT2D eigenvalue weighted by Crippen LogP contribution is -2.47. The molecule has 1 heterocycles. The van der Waals surface area contributed by atoms with Crippen LogP contribution in [-0.2, 0) is 9.53 Å². The predicted molar refractivity (Wildman–Crippen MR) is 105 cm³/mol. The number of piperazine rings is 1. The molecule has 0 aromatic rings. The van der Waals surface area contributed by atoms with Crippen LogP contribution >= 0.6 is 11.8 Å². The van der Waals surface area contributed by atoms with E-state index >= 15 is 0 Å². The average molecular weight is 359 g/mol. The summed E-state index contributed by atoms with van der Waals surface area (Å²) >= 11 is 1.77. The molecule has 1 saturated heterocycles. The molecule has 1 rings (SSSR count). The van der Waals surface area contributed by atoms with E-state index in [1.54, 1.807) is 18.7 Å². The molecule has 4 nitrogen and oxygen atoms in total. The molecule has 24 heavy (non-hydrogen) atoms. The summed E-state index contributed by atoms with van der Waals surface area (Å²) in [4.78, 5) is 15.9. The molecule has 0 bridgehead atoms. The lowest BCUT2D eigenvalue weighted by Gasteiger charge is -2.35. The van der Waals surface area contributed by atoms with Gasteiger partial charge in [0.2, 0.25) is 0 Å². The van der Waals surface area contributed by atoms with Gasteiger partial charge in [-0.15, -0.1) is 11.8 Å². The number of ether oxygens (including phenoxy) is 1. The molecule has 0 amide bonds.